The highest BCUT2D eigenvalue weighted by molar-refractivity contribution is 6.30. The van der Waals surface area contributed by atoms with Gasteiger partial charge in [-0.2, -0.15) is 0 Å². The zero-order chi connectivity index (χ0) is 16.5. The smallest absolute Gasteiger partial charge is 0.165 e. The molecule has 2 aromatic rings. The van der Waals surface area contributed by atoms with Gasteiger partial charge in [-0.3, -0.25) is 4.90 Å². The van der Waals surface area contributed by atoms with E-state index >= 15 is 0 Å². The van der Waals surface area contributed by atoms with E-state index < -0.39 is 0 Å². The molecule has 6 nitrogen and oxygen atoms in total. The highest BCUT2D eigenvalue weighted by Gasteiger charge is 2.08. The van der Waals surface area contributed by atoms with Crippen LogP contribution in [0.5, 0.6) is 5.75 Å². The van der Waals surface area contributed by atoms with Crippen LogP contribution in [-0.4, -0.2) is 45.3 Å². The molecule has 0 aliphatic heterocycles. The molecule has 0 saturated carbocycles. The van der Waals surface area contributed by atoms with Crippen molar-refractivity contribution < 1.29 is 4.74 Å². The van der Waals surface area contributed by atoms with Gasteiger partial charge in [0, 0.05) is 18.1 Å². The maximum Gasteiger partial charge on any atom is 0.165 e. The molecule has 126 valence electrons. The number of halogens is 1. The minimum Gasteiger partial charge on any atom is -0.493 e. The van der Waals surface area contributed by atoms with E-state index in [0.29, 0.717) is 11.6 Å². The monoisotopic (exact) mass is 337 g/mol. The molecule has 1 heterocycles. The van der Waals surface area contributed by atoms with Crippen molar-refractivity contribution in [2.45, 2.75) is 39.3 Å². The van der Waals surface area contributed by atoms with E-state index in [-0.39, 0.29) is 0 Å². The number of rotatable bonds is 10. The molecule has 0 unspecified atom stereocenters. The first-order valence-corrected chi connectivity index (χ1v) is 8.38. The number of hydrogen-bond donors (Lipinski definition) is 0. The summed E-state index contributed by atoms with van der Waals surface area (Å²) in [6, 6.07) is 7.47. The quantitative estimate of drug-likeness (QED) is 0.624. The molecule has 0 N–H and O–H groups in total. The van der Waals surface area contributed by atoms with Crippen LogP contribution in [0.1, 0.15) is 32.0 Å². The van der Waals surface area contributed by atoms with Crippen LogP contribution >= 0.6 is 11.6 Å². The van der Waals surface area contributed by atoms with Crippen molar-refractivity contribution in [3.05, 3.63) is 35.1 Å². The van der Waals surface area contributed by atoms with Gasteiger partial charge in [0.15, 0.2) is 5.82 Å². The molecule has 0 amide bonds. The lowest BCUT2D eigenvalue weighted by molar-refractivity contribution is 0.252. The molecule has 0 bridgehead atoms. The van der Waals surface area contributed by atoms with E-state index in [4.69, 9.17) is 16.3 Å². The van der Waals surface area contributed by atoms with Gasteiger partial charge < -0.3 is 4.74 Å². The summed E-state index contributed by atoms with van der Waals surface area (Å²) in [5.41, 5.74) is 0. The van der Waals surface area contributed by atoms with Crippen LogP contribution in [0.25, 0.3) is 0 Å². The second-order valence-electron chi connectivity index (χ2n) is 5.57. The number of hydrogen-bond acceptors (Lipinski definition) is 5. The first kappa shape index (κ1) is 17.7. The SMILES string of the molecule is CCCCn1nnnc1CN(C)CCCOc1cccc(Cl)c1. The third-order valence-electron chi connectivity index (χ3n) is 3.49. The molecule has 23 heavy (non-hydrogen) atoms. The van der Waals surface area contributed by atoms with Gasteiger partial charge in [-0.25, -0.2) is 4.68 Å². The van der Waals surface area contributed by atoms with E-state index in [1.165, 1.54) is 0 Å². The zero-order valence-corrected chi connectivity index (χ0v) is 14.5. The summed E-state index contributed by atoms with van der Waals surface area (Å²) in [4.78, 5) is 2.20. The van der Waals surface area contributed by atoms with Gasteiger partial charge in [-0.05, 0) is 48.5 Å². The fraction of sp³-hybridized carbons (Fsp3) is 0.562. The van der Waals surface area contributed by atoms with Crippen molar-refractivity contribution in [1.29, 1.82) is 0 Å². The van der Waals surface area contributed by atoms with E-state index in [1.807, 2.05) is 28.9 Å². The maximum atomic E-state index is 5.93. The second-order valence-corrected chi connectivity index (χ2v) is 6.01. The van der Waals surface area contributed by atoms with Gasteiger partial charge in [0.2, 0.25) is 0 Å². The van der Waals surface area contributed by atoms with Crippen molar-refractivity contribution in [2.75, 3.05) is 20.2 Å². The number of nitrogens with zero attached hydrogens (tertiary/aromatic N) is 5. The lowest BCUT2D eigenvalue weighted by atomic mass is 10.3. The first-order valence-electron chi connectivity index (χ1n) is 8.01. The van der Waals surface area contributed by atoms with Crippen LogP contribution < -0.4 is 4.74 Å². The Bertz CT molecular complexity index is 589. The molecule has 0 fully saturated rings. The average molecular weight is 338 g/mol. The predicted octanol–water partition coefficient (Wildman–Crippen LogP) is 3.03. The summed E-state index contributed by atoms with van der Waals surface area (Å²) in [7, 11) is 2.07. The fourth-order valence-electron chi connectivity index (χ4n) is 2.22. The number of aromatic nitrogens is 4. The molecule has 0 spiro atoms. The van der Waals surface area contributed by atoms with Crippen molar-refractivity contribution in [3.8, 4) is 5.75 Å². The Morgan fingerprint density at radius 2 is 2.17 bits per heavy atom. The zero-order valence-electron chi connectivity index (χ0n) is 13.8. The van der Waals surface area contributed by atoms with E-state index in [0.717, 1.165) is 50.5 Å². The summed E-state index contributed by atoms with van der Waals surface area (Å²) < 4.78 is 7.58. The lowest BCUT2D eigenvalue weighted by Gasteiger charge is -2.16. The van der Waals surface area contributed by atoms with E-state index in [2.05, 4.69) is 34.4 Å². The Morgan fingerprint density at radius 3 is 2.96 bits per heavy atom. The topological polar surface area (TPSA) is 56.1 Å². The van der Waals surface area contributed by atoms with Gasteiger partial charge in [0.1, 0.15) is 5.75 Å². The number of benzene rings is 1. The Hall–Kier alpha value is -1.66. The highest BCUT2D eigenvalue weighted by Crippen LogP contribution is 2.17. The second kappa shape index (κ2) is 9.47. The molecule has 7 heteroatoms. The normalized spacial score (nSPS) is 11.1. The van der Waals surface area contributed by atoms with Crippen LogP contribution in [0.15, 0.2) is 24.3 Å². The Morgan fingerprint density at radius 1 is 1.30 bits per heavy atom. The molecular formula is C16H24ClN5O. The number of ether oxygens (including phenoxy) is 1. The summed E-state index contributed by atoms with van der Waals surface area (Å²) >= 11 is 5.93. The van der Waals surface area contributed by atoms with Gasteiger partial charge >= 0.3 is 0 Å². The maximum absolute atomic E-state index is 5.93. The fourth-order valence-corrected chi connectivity index (χ4v) is 2.40. The minimum atomic E-state index is 0.658. The molecule has 2 rings (SSSR count). The summed E-state index contributed by atoms with van der Waals surface area (Å²) in [6.45, 7) is 5.36. The van der Waals surface area contributed by atoms with Crippen molar-refractivity contribution in [2.24, 2.45) is 0 Å². The number of unbranched alkanes of at least 4 members (excludes halogenated alkanes) is 1. The summed E-state index contributed by atoms with van der Waals surface area (Å²) in [6.07, 6.45) is 3.16. The van der Waals surface area contributed by atoms with E-state index in [9.17, 15) is 0 Å². The van der Waals surface area contributed by atoms with Crippen molar-refractivity contribution >= 4 is 11.6 Å². The van der Waals surface area contributed by atoms with Crippen LogP contribution in [-0.2, 0) is 13.1 Å². The highest BCUT2D eigenvalue weighted by atomic mass is 35.5. The Labute approximate surface area is 142 Å². The molecule has 0 aliphatic rings. The van der Waals surface area contributed by atoms with Gasteiger partial charge in [0.05, 0.1) is 13.2 Å². The van der Waals surface area contributed by atoms with Crippen LogP contribution in [0.3, 0.4) is 0 Å². The molecule has 1 aromatic heterocycles. The van der Waals surface area contributed by atoms with Gasteiger partial charge in [-0.1, -0.05) is 31.0 Å². The molecule has 0 atom stereocenters. The molecule has 0 radical (unpaired) electrons. The molecule has 1 aromatic carbocycles. The largest absolute Gasteiger partial charge is 0.493 e. The van der Waals surface area contributed by atoms with Gasteiger partial charge in [0.25, 0.3) is 0 Å². The van der Waals surface area contributed by atoms with E-state index in [1.54, 1.807) is 0 Å². The third-order valence-corrected chi connectivity index (χ3v) is 3.72. The van der Waals surface area contributed by atoms with Crippen LogP contribution in [0.4, 0.5) is 0 Å². The standard InChI is InChI=1S/C16H24ClN5O/c1-3-4-10-22-16(18-19-20-22)13-21(2)9-6-11-23-15-8-5-7-14(17)12-15/h5,7-8,12H,3-4,6,9-11,13H2,1-2H3. The van der Waals surface area contributed by atoms with Gasteiger partial charge in [-0.15, -0.1) is 5.10 Å². The predicted molar refractivity (Wildman–Crippen MR) is 90.6 cm³/mol. The van der Waals surface area contributed by atoms with Crippen molar-refractivity contribution in [3.63, 3.8) is 0 Å². The molecule has 0 saturated heterocycles. The molecular weight excluding hydrogens is 314 g/mol. The minimum absolute atomic E-state index is 0.658. The first-order chi connectivity index (χ1) is 11.2. The van der Waals surface area contributed by atoms with Crippen molar-refractivity contribution in [1.82, 2.24) is 25.1 Å². The Kier molecular flexibility index (Phi) is 7.29. The van der Waals surface area contributed by atoms with Crippen LogP contribution in [0, 0.1) is 0 Å². The summed E-state index contributed by atoms with van der Waals surface area (Å²) in [5, 5.41) is 12.6. The lowest BCUT2D eigenvalue weighted by Crippen LogP contribution is -2.23. The third kappa shape index (κ3) is 6.15. The summed E-state index contributed by atoms with van der Waals surface area (Å²) in [5.74, 6) is 1.72. The number of tetrazole rings is 1. The average Bonchev–Trinajstić information content (AvgIpc) is 2.96. The number of aryl methyl sites for hydroxylation is 1. The Balaban J connectivity index is 1.69. The van der Waals surface area contributed by atoms with Crippen LogP contribution in [0.2, 0.25) is 5.02 Å². The molecule has 0 aliphatic carbocycles.